The SMILES string of the molecule is CCOC(=O)CCc1cc(C(=O)c2ccc(OC3CCCC3)cc2O)ccc1OCc1cn[nH]c1. The van der Waals surface area contributed by atoms with Crippen LogP contribution in [0.2, 0.25) is 0 Å². The first-order chi connectivity index (χ1) is 17.0. The second-order valence-electron chi connectivity index (χ2n) is 8.56. The molecule has 4 rings (SSSR count). The van der Waals surface area contributed by atoms with Crippen molar-refractivity contribution >= 4 is 11.8 Å². The number of phenolic OH excluding ortho intramolecular Hbond substituents is 1. The third kappa shape index (κ3) is 6.41. The monoisotopic (exact) mass is 478 g/mol. The molecule has 1 aromatic heterocycles. The van der Waals surface area contributed by atoms with E-state index in [9.17, 15) is 14.7 Å². The number of hydrogen-bond acceptors (Lipinski definition) is 7. The number of rotatable bonds is 11. The molecule has 0 bridgehead atoms. The van der Waals surface area contributed by atoms with E-state index in [1.54, 1.807) is 49.6 Å². The number of nitrogens with zero attached hydrogens (tertiary/aromatic N) is 1. The summed E-state index contributed by atoms with van der Waals surface area (Å²) < 4.78 is 16.9. The zero-order valence-corrected chi connectivity index (χ0v) is 19.8. The van der Waals surface area contributed by atoms with Crippen LogP contribution in [-0.2, 0) is 22.6 Å². The number of carbonyl (C=O) groups excluding carboxylic acids is 2. The number of H-pyrrole nitrogens is 1. The molecule has 0 spiro atoms. The molecule has 184 valence electrons. The summed E-state index contributed by atoms with van der Waals surface area (Å²) in [5, 5.41) is 17.2. The van der Waals surface area contributed by atoms with Crippen molar-refractivity contribution in [1.82, 2.24) is 10.2 Å². The third-order valence-corrected chi connectivity index (χ3v) is 5.99. The maximum Gasteiger partial charge on any atom is 0.306 e. The predicted octanol–water partition coefficient (Wildman–Crippen LogP) is 4.74. The number of nitrogens with one attached hydrogen (secondary N) is 1. The summed E-state index contributed by atoms with van der Waals surface area (Å²) in [6.07, 6.45) is 8.37. The Morgan fingerprint density at radius 2 is 1.97 bits per heavy atom. The Kier molecular flexibility index (Phi) is 8.03. The summed E-state index contributed by atoms with van der Waals surface area (Å²) in [4.78, 5) is 25.2. The lowest BCUT2D eigenvalue weighted by molar-refractivity contribution is -0.143. The summed E-state index contributed by atoms with van der Waals surface area (Å²) in [5.41, 5.74) is 2.14. The molecule has 0 aliphatic heterocycles. The first-order valence-electron chi connectivity index (χ1n) is 12.0. The van der Waals surface area contributed by atoms with E-state index in [1.165, 1.54) is 6.07 Å². The minimum atomic E-state index is -0.325. The van der Waals surface area contributed by atoms with E-state index in [-0.39, 0.29) is 35.6 Å². The number of carbonyl (C=O) groups is 2. The number of ether oxygens (including phenoxy) is 3. The van der Waals surface area contributed by atoms with Gasteiger partial charge in [0.2, 0.25) is 0 Å². The Morgan fingerprint density at radius 1 is 1.14 bits per heavy atom. The van der Waals surface area contributed by atoms with Crippen LogP contribution in [0.25, 0.3) is 0 Å². The largest absolute Gasteiger partial charge is 0.507 e. The van der Waals surface area contributed by atoms with Crippen LogP contribution in [0, 0.1) is 0 Å². The molecule has 1 heterocycles. The molecule has 0 unspecified atom stereocenters. The number of aromatic nitrogens is 2. The van der Waals surface area contributed by atoms with Gasteiger partial charge in [0, 0.05) is 29.8 Å². The van der Waals surface area contributed by atoms with Crippen LogP contribution in [0.3, 0.4) is 0 Å². The van der Waals surface area contributed by atoms with Gasteiger partial charge in [-0.1, -0.05) is 0 Å². The Bertz CT molecular complexity index is 1150. The minimum Gasteiger partial charge on any atom is -0.507 e. The van der Waals surface area contributed by atoms with Crippen molar-refractivity contribution in [1.29, 1.82) is 0 Å². The number of phenols is 1. The molecule has 0 amide bonds. The van der Waals surface area contributed by atoms with Crippen LogP contribution < -0.4 is 9.47 Å². The van der Waals surface area contributed by atoms with Crippen LogP contribution >= 0.6 is 0 Å². The van der Waals surface area contributed by atoms with Crippen molar-refractivity contribution in [3.05, 3.63) is 71.0 Å². The van der Waals surface area contributed by atoms with E-state index in [4.69, 9.17) is 14.2 Å². The Labute approximate surface area is 204 Å². The predicted molar refractivity (Wildman–Crippen MR) is 129 cm³/mol. The Morgan fingerprint density at radius 3 is 2.69 bits per heavy atom. The topological polar surface area (TPSA) is 111 Å². The number of ketones is 1. The van der Waals surface area contributed by atoms with Crippen molar-refractivity contribution in [2.75, 3.05) is 6.61 Å². The van der Waals surface area contributed by atoms with E-state index in [0.717, 1.165) is 31.2 Å². The van der Waals surface area contributed by atoms with Gasteiger partial charge in [0.1, 0.15) is 23.9 Å². The highest BCUT2D eigenvalue weighted by atomic mass is 16.5. The van der Waals surface area contributed by atoms with Crippen LogP contribution in [0.15, 0.2) is 48.8 Å². The van der Waals surface area contributed by atoms with E-state index >= 15 is 0 Å². The standard InChI is InChI=1S/C27H30N2O6/c1-2-33-26(31)12-8-19-13-20(7-11-25(19)34-17-18-15-28-29-16-18)27(32)23-10-9-22(14-24(23)30)35-21-5-3-4-6-21/h7,9-11,13-16,21,30H,2-6,8,12,17H2,1H3,(H,28,29). The number of aromatic hydroxyl groups is 1. The van der Waals surface area contributed by atoms with E-state index in [2.05, 4.69) is 10.2 Å². The van der Waals surface area contributed by atoms with Crippen molar-refractivity contribution in [2.45, 2.75) is 58.2 Å². The lowest BCUT2D eigenvalue weighted by Crippen LogP contribution is -2.11. The minimum absolute atomic E-state index is 0.126. The Hall–Kier alpha value is -3.81. The maximum absolute atomic E-state index is 13.2. The van der Waals surface area contributed by atoms with Gasteiger partial charge in [-0.25, -0.2) is 0 Å². The molecule has 1 saturated carbocycles. The van der Waals surface area contributed by atoms with Gasteiger partial charge in [0.05, 0.1) is 24.5 Å². The van der Waals surface area contributed by atoms with Gasteiger partial charge in [0.25, 0.3) is 0 Å². The molecule has 0 radical (unpaired) electrons. The fourth-order valence-corrected chi connectivity index (χ4v) is 4.18. The molecule has 2 aromatic carbocycles. The highest BCUT2D eigenvalue weighted by Crippen LogP contribution is 2.31. The summed E-state index contributed by atoms with van der Waals surface area (Å²) >= 11 is 0. The van der Waals surface area contributed by atoms with Crippen molar-refractivity contribution < 1.29 is 28.9 Å². The van der Waals surface area contributed by atoms with Crippen LogP contribution in [0.4, 0.5) is 0 Å². The van der Waals surface area contributed by atoms with Gasteiger partial charge in [-0.2, -0.15) is 5.10 Å². The fourth-order valence-electron chi connectivity index (χ4n) is 4.18. The zero-order valence-electron chi connectivity index (χ0n) is 19.8. The van der Waals surface area contributed by atoms with Crippen molar-refractivity contribution in [2.24, 2.45) is 0 Å². The van der Waals surface area contributed by atoms with Crippen LogP contribution in [0.5, 0.6) is 17.2 Å². The summed E-state index contributed by atoms with van der Waals surface area (Å²) in [5.74, 6) is 0.355. The normalized spacial score (nSPS) is 13.5. The molecule has 0 saturated heterocycles. The average Bonchev–Trinajstić information content (AvgIpc) is 3.56. The van der Waals surface area contributed by atoms with Crippen LogP contribution in [0.1, 0.15) is 66.1 Å². The molecule has 0 atom stereocenters. The average molecular weight is 479 g/mol. The smallest absolute Gasteiger partial charge is 0.306 e. The van der Waals surface area contributed by atoms with Gasteiger partial charge in [-0.3, -0.25) is 14.7 Å². The number of esters is 1. The molecule has 8 nitrogen and oxygen atoms in total. The molecule has 1 aliphatic carbocycles. The second-order valence-corrected chi connectivity index (χ2v) is 8.56. The van der Waals surface area contributed by atoms with Gasteiger partial charge < -0.3 is 19.3 Å². The Balaban J connectivity index is 1.52. The molecule has 1 fully saturated rings. The summed E-state index contributed by atoms with van der Waals surface area (Å²) in [7, 11) is 0. The van der Waals surface area contributed by atoms with E-state index in [0.29, 0.717) is 42.3 Å². The highest BCUT2D eigenvalue weighted by Gasteiger charge is 2.20. The van der Waals surface area contributed by atoms with Gasteiger partial charge >= 0.3 is 5.97 Å². The van der Waals surface area contributed by atoms with Crippen molar-refractivity contribution in [3.63, 3.8) is 0 Å². The molecule has 1 aliphatic rings. The first kappa shape index (κ1) is 24.3. The molecular weight excluding hydrogens is 448 g/mol. The van der Waals surface area contributed by atoms with E-state index in [1.807, 2.05) is 0 Å². The summed E-state index contributed by atoms with van der Waals surface area (Å²) in [6.45, 7) is 2.35. The fraction of sp³-hybridized carbons (Fsp3) is 0.370. The second kappa shape index (κ2) is 11.6. The molecule has 35 heavy (non-hydrogen) atoms. The lowest BCUT2D eigenvalue weighted by atomic mass is 9.98. The highest BCUT2D eigenvalue weighted by molar-refractivity contribution is 6.11. The number of aromatic amines is 1. The molecule has 2 N–H and O–H groups in total. The van der Waals surface area contributed by atoms with Gasteiger partial charge in [-0.15, -0.1) is 0 Å². The molecule has 8 heteroatoms. The quantitative estimate of drug-likeness (QED) is 0.302. The van der Waals surface area contributed by atoms with E-state index < -0.39 is 0 Å². The van der Waals surface area contributed by atoms with Gasteiger partial charge in [-0.05, 0) is 74.9 Å². The molecular formula is C27H30N2O6. The van der Waals surface area contributed by atoms with Gasteiger partial charge in [0.15, 0.2) is 5.78 Å². The zero-order chi connectivity index (χ0) is 24.6. The van der Waals surface area contributed by atoms with Crippen molar-refractivity contribution in [3.8, 4) is 17.2 Å². The number of hydrogen-bond donors (Lipinski definition) is 2. The lowest BCUT2D eigenvalue weighted by Gasteiger charge is -2.15. The number of aryl methyl sites for hydroxylation is 1. The third-order valence-electron chi connectivity index (χ3n) is 5.99. The maximum atomic E-state index is 13.2. The number of benzene rings is 2. The summed E-state index contributed by atoms with van der Waals surface area (Å²) in [6, 6.07) is 9.87. The molecule has 3 aromatic rings. The first-order valence-corrected chi connectivity index (χ1v) is 12.0. The van der Waals surface area contributed by atoms with Crippen LogP contribution in [-0.4, -0.2) is 39.8 Å².